The number of hydrogen-bond acceptors (Lipinski definition) is 5. The lowest BCUT2D eigenvalue weighted by Crippen LogP contribution is -2.15. The van der Waals surface area contributed by atoms with E-state index in [1.807, 2.05) is 11.5 Å². The summed E-state index contributed by atoms with van der Waals surface area (Å²) in [7, 11) is -3.87. The predicted molar refractivity (Wildman–Crippen MR) is 107 cm³/mol. The van der Waals surface area contributed by atoms with Crippen molar-refractivity contribution in [2.75, 3.05) is 0 Å². The number of nitrogens with two attached hydrogens (primary N) is 1. The number of rotatable bonds is 7. The summed E-state index contributed by atoms with van der Waals surface area (Å²) in [4.78, 5) is 17.1. The third-order valence-electron chi connectivity index (χ3n) is 4.32. The Balaban J connectivity index is 1.96. The Hall–Kier alpha value is -2.30. The molecule has 1 atom stereocenters. The Morgan fingerprint density at radius 3 is 2.55 bits per heavy atom. The fourth-order valence-corrected chi connectivity index (χ4v) is 4.45. The number of primary sulfonamides is 1. The van der Waals surface area contributed by atoms with Crippen molar-refractivity contribution in [3.05, 3.63) is 53.6 Å². The maximum absolute atomic E-state index is 13.5. The maximum atomic E-state index is 13.5. The summed E-state index contributed by atoms with van der Waals surface area (Å²) in [6, 6.07) is 7.47. The average Bonchev–Trinajstić information content (AvgIpc) is 2.99. The van der Waals surface area contributed by atoms with Crippen molar-refractivity contribution < 1.29 is 22.0 Å². The van der Waals surface area contributed by atoms with Crippen LogP contribution in [-0.4, -0.2) is 29.0 Å². The number of thioether (sulfide) groups is 1. The molecule has 0 radical (unpaired) electrons. The Bertz CT molecular complexity index is 1190. The fourth-order valence-electron chi connectivity index (χ4n) is 2.89. The molecule has 29 heavy (non-hydrogen) atoms. The normalized spacial score (nSPS) is 13.0. The van der Waals surface area contributed by atoms with E-state index in [9.17, 15) is 22.0 Å². The first kappa shape index (κ1) is 21.4. The lowest BCUT2D eigenvalue weighted by molar-refractivity contribution is 0.0993. The van der Waals surface area contributed by atoms with Gasteiger partial charge in [-0.15, -0.1) is 0 Å². The molecule has 0 aliphatic heterocycles. The van der Waals surface area contributed by atoms with Gasteiger partial charge < -0.3 is 4.57 Å². The van der Waals surface area contributed by atoms with Gasteiger partial charge in [0, 0.05) is 12.1 Å². The summed E-state index contributed by atoms with van der Waals surface area (Å²) in [5, 5.41) is 5.09. The third kappa shape index (κ3) is 4.49. The van der Waals surface area contributed by atoms with Crippen molar-refractivity contribution in [1.82, 2.24) is 9.55 Å². The molecule has 2 N–H and O–H groups in total. The second-order valence-electron chi connectivity index (χ2n) is 6.49. The number of hydrogen-bond donors (Lipinski definition) is 1. The molecule has 154 valence electrons. The van der Waals surface area contributed by atoms with Crippen LogP contribution in [0.4, 0.5) is 8.78 Å². The van der Waals surface area contributed by atoms with Gasteiger partial charge in [-0.2, -0.15) is 0 Å². The van der Waals surface area contributed by atoms with Crippen LogP contribution in [0.25, 0.3) is 11.0 Å². The van der Waals surface area contributed by atoms with E-state index in [2.05, 4.69) is 4.98 Å². The second-order valence-corrected chi connectivity index (χ2v) is 9.36. The van der Waals surface area contributed by atoms with E-state index in [-0.39, 0.29) is 16.2 Å². The number of aromatic nitrogens is 2. The first-order chi connectivity index (χ1) is 13.6. The van der Waals surface area contributed by atoms with E-state index in [1.54, 1.807) is 13.0 Å². The average molecular weight is 440 g/mol. The van der Waals surface area contributed by atoms with Crippen LogP contribution in [0.1, 0.15) is 30.6 Å². The van der Waals surface area contributed by atoms with Crippen molar-refractivity contribution >= 4 is 38.6 Å². The van der Waals surface area contributed by atoms with Gasteiger partial charge in [-0.05, 0) is 49.7 Å². The van der Waals surface area contributed by atoms with Gasteiger partial charge >= 0.3 is 0 Å². The summed E-state index contributed by atoms with van der Waals surface area (Å²) in [6.07, 6.45) is 0.793. The number of sulfonamides is 1. The van der Waals surface area contributed by atoms with Crippen LogP contribution in [0, 0.1) is 11.6 Å². The highest BCUT2D eigenvalue weighted by molar-refractivity contribution is 8.00. The van der Waals surface area contributed by atoms with E-state index in [4.69, 9.17) is 5.14 Å². The van der Waals surface area contributed by atoms with Crippen LogP contribution in [0.5, 0.6) is 0 Å². The molecule has 0 aliphatic carbocycles. The molecule has 0 saturated heterocycles. The Labute approximate surface area is 171 Å². The molecular weight excluding hydrogens is 420 g/mol. The number of ketones is 1. The summed E-state index contributed by atoms with van der Waals surface area (Å²) in [5.74, 6) is -2.46. The summed E-state index contributed by atoms with van der Waals surface area (Å²) < 4.78 is 51.7. The van der Waals surface area contributed by atoms with Crippen molar-refractivity contribution in [3.63, 3.8) is 0 Å². The predicted octanol–water partition coefficient (Wildman–Crippen LogP) is 3.74. The van der Waals surface area contributed by atoms with Gasteiger partial charge in [0.2, 0.25) is 10.0 Å². The van der Waals surface area contributed by atoms with Crippen LogP contribution in [-0.2, 0) is 16.6 Å². The molecule has 10 heteroatoms. The molecule has 1 aromatic heterocycles. The van der Waals surface area contributed by atoms with E-state index >= 15 is 0 Å². The maximum Gasteiger partial charge on any atom is 0.238 e. The highest BCUT2D eigenvalue weighted by Crippen LogP contribution is 2.30. The molecule has 0 bridgehead atoms. The summed E-state index contributed by atoms with van der Waals surface area (Å²) in [6.45, 7) is 4.24. The molecule has 0 spiro atoms. The Morgan fingerprint density at radius 2 is 1.93 bits per heavy atom. The van der Waals surface area contributed by atoms with E-state index < -0.39 is 26.9 Å². The van der Waals surface area contributed by atoms with E-state index in [0.29, 0.717) is 22.7 Å². The largest absolute Gasteiger partial charge is 0.319 e. The number of carbonyl (C=O) groups is 1. The standard InChI is InChI=1S/C19H19F2N3O3S2/c1-3-8-24-17-7-5-13(29(22,26)27)10-16(17)23-19(24)28-11(2)18(25)12-4-6-14(20)15(21)9-12/h4-7,9-11H,3,8H2,1-2H3,(H2,22,26,27). The SMILES string of the molecule is CCCn1c(SC(C)C(=O)c2ccc(F)c(F)c2)nc2cc(S(N)(=O)=O)ccc21. The highest BCUT2D eigenvalue weighted by Gasteiger charge is 2.22. The van der Waals surface area contributed by atoms with Crippen LogP contribution < -0.4 is 5.14 Å². The number of halogens is 2. The van der Waals surface area contributed by atoms with Crippen LogP contribution in [0.15, 0.2) is 46.5 Å². The number of fused-ring (bicyclic) bond motifs is 1. The minimum absolute atomic E-state index is 0.0476. The van der Waals surface area contributed by atoms with E-state index in [1.165, 1.54) is 30.0 Å². The topological polar surface area (TPSA) is 95.0 Å². The number of aryl methyl sites for hydroxylation is 1. The minimum Gasteiger partial charge on any atom is -0.319 e. The number of Topliss-reactive ketones (excluding diaryl/α,β-unsaturated/α-hetero) is 1. The van der Waals surface area contributed by atoms with Gasteiger partial charge in [0.25, 0.3) is 0 Å². The third-order valence-corrected chi connectivity index (χ3v) is 6.32. The Kier molecular flexibility index (Phi) is 6.06. The van der Waals surface area contributed by atoms with Gasteiger partial charge in [-0.3, -0.25) is 4.79 Å². The second kappa shape index (κ2) is 8.21. The fraction of sp³-hybridized carbons (Fsp3) is 0.263. The van der Waals surface area contributed by atoms with Gasteiger partial charge in [0.15, 0.2) is 22.6 Å². The Morgan fingerprint density at radius 1 is 1.21 bits per heavy atom. The summed E-state index contributed by atoms with van der Waals surface area (Å²) >= 11 is 1.17. The van der Waals surface area contributed by atoms with Crippen LogP contribution >= 0.6 is 11.8 Å². The number of carbonyl (C=O) groups excluding carboxylic acids is 1. The number of nitrogens with zero attached hydrogens (tertiary/aromatic N) is 2. The van der Waals surface area contributed by atoms with E-state index in [0.717, 1.165) is 18.6 Å². The molecule has 1 unspecified atom stereocenters. The zero-order chi connectivity index (χ0) is 21.3. The molecule has 0 aliphatic rings. The lowest BCUT2D eigenvalue weighted by atomic mass is 10.1. The molecular formula is C19H19F2N3O3S2. The molecule has 0 saturated carbocycles. The highest BCUT2D eigenvalue weighted by atomic mass is 32.2. The van der Waals surface area contributed by atoms with Crippen LogP contribution in [0.2, 0.25) is 0 Å². The van der Waals surface area contributed by atoms with Crippen molar-refractivity contribution in [1.29, 1.82) is 0 Å². The van der Waals surface area contributed by atoms with Gasteiger partial charge in [0.05, 0.1) is 21.2 Å². The molecule has 0 amide bonds. The van der Waals surface area contributed by atoms with Crippen LogP contribution in [0.3, 0.4) is 0 Å². The van der Waals surface area contributed by atoms with Gasteiger partial charge in [-0.1, -0.05) is 18.7 Å². The van der Waals surface area contributed by atoms with Crippen molar-refractivity contribution in [2.45, 2.75) is 42.1 Å². The molecule has 1 heterocycles. The van der Waals surface area contributed by atoms with Gasteiger partial charge in [0.1, 0.15) is 0 Å². The zero-order valence-corrected chi connectivity index (χ0v) is 17.4. The number of benzene rings is 2. The minimum atomic E-state index is -3.87. The lowest BCUT2D eigenvalue weighted by Gasteiger charge is -2.12. The van der Waals surface area contributed by atoms with Gasteiger partial charge in [-0.25, -0.2) is 27.3 Å². The van der Waals surface area contributed by atoms with Crippen molar-refractivity contribution in [3.8, 4) is 0 Å². The first-order valence-corrected chi connectivity index (χ1v) is 11.2. The molecule has 6 nitrogen and oxygen atoms in total. The monoisotopic (exact) mass is 439 g/mol. The molecule has 0 fully saturated rings. The molecule has 3 rings (SSSR count). The quantitative estimate of drug-likeness (QED) is 0.447. The summed E-state index contributed by atoms with van der Waals surface area (Å²) in [5.41, 5.74) is 1.23. The zero-order valence-electron chi connectivity index (χ0n) is 15.7. The first-order valence-electron chi connectivity index (χ1n) is 8.80. The smallest absolute Gasteiger partial charge is 0.238 e. The molecule has 2 aromatic carbocycles. The number of imidazole rings is 1. The van der Waals surface area contributed by atoms with Crippen molar-refractivity contribution in [2.24, 2.45) is 5.14 Å². The molecule has 3 aromatic rings.